The largest absolute Gasteiger partial charge is 0.291 e. The molecule has 2 aromatic rings. The van der Waals surface area contributed by atoms with Crippen LogP contribution < -0.4 is 4.72 Å². The normalized spacial score (nSPS) is 18.5. The van der Waals surface area contributed by atoms with Gasteiger partial charge in [0.05, 0.1) is 18.0 Å². The van der Waals surface area contributed by atoms with Crippen LogP contribution in [0.1, 0.15) is 23.7 Å². The molecule has 1 atom stereocenters. The molecular formula is C16H21FN4O2S. The van der Waals surface area contributed by atoms with Crippen LogP contribution in [0.25, 0.3) is 0 Å². The lowest BCUT2D eigenvalue weighted by Crippen LogP contribution is -2.38. The molecule has 0 radical (unpaired) electrons. The van der Waals surface area contributed by atoms with Gasteiger partial charge in [-0.2, -0.15) is 5.10 Å². The summed E-state index contributed by atoms with van der Waals surface area (Å²) in [5.41, 5.74) is 2.16. The molecule has 6 nitrogen and oxygen atoms in total. The predicted molar refractivity (Wildman–Crippen MR) is 89.2 cm³/mol. The zero-order chi connectivity index (χ0) is 17.2. The van der Waals surface area contributed by atoms with Gasteiger partial charge in [0, 0.05) is 32.4 Å². The van der Waals surface area contributed by atoms with Gasteiger partial charge < -0.3 is 0 Å². The van der Waals surface area contributed by atoms with Crippen molar-refractivity contribution in [1.82, 2.24) is 19.4 Å². The number of hydrogen-bond donors (Lipinski definition) is 1. The van der Waals surface area contributed by atoms with E-state index in [0.29, 0.717) is 13.0 Å². The van der Waals surface area contributed by atoms with Gasteiger partial charge in [0.25, 0.3) is 0 Å². The Morgan fingerprint density at radius 3 is 2.75 bits per heavy atom. The third kappa shape index (κ3) is 4.40. The zero-order valence-electron chi connectivity index (χ0n) is 13.5. The second kappa shape index (κ2) is 7.00. The zero-order valence-corrected chi connectivity index (χ0v) is 14.3. The Morgan fingerprint density at radius 1 is 1.29 bits per heavy atom. The first-order valence-electron chi connectivity index (χ1n) is 7.84. The lowest BCUT2D eigenvalue weighted by atomic mass is 10.1. The predicted octanol–water partition coefficient (Wildman–Crippen LogP) is 1.52. The van der Waals surface area contributed by atoms with Gasteiger partial charge in [-0.25, -0.2) is 17.5 Å². The molecule has 0 fully saturated rings. The molecule has 1 aliphatic rings. The molecule has 0 amide bonds. The van der Waals surface area contributed by atoms with E-state index in [2.05, 4.69) is 14.7 Å². The number of nitrogens with zero attached hydrogens (tertiary/aromatic N) is 3. The quantitative estimate of drug-likeness (QED) is 0.856. The second-order valence-corrected chi connectivity index (χ2v) is 8.01. The maximum atomic E-state index is 13.0. The fraction of sp³-hybridized carbons (Fsp3) is 0.438. The van der Waals surface area contributed by atoms with Crippen LogP contribution in [0.5, 0.6) is 0 Å². The average molecular weight is 352 g/mol. The van der Waals surface area contributed by atoms with E-state index in [0.717, 1.165) is 37.1 Å². The molecule has 130 valence electrons. The maximum Gasteiger partial charge on any atom is 0.208 e. The van der Waals surface area contributed by atoms with Crippen molar-refractivity contribution in [2.75, 3.05) is 19.3 Å². The topological polar surface area (TPSA) is 67.2 Å². The SMILES string of the molecule is CS(=O)(=O)NCCC1CN(Cc2ccc(F)cc2)Cc2ccnn21. The highest BCUT2D eigenvalue weighted by Crippen LogP contribution is 2.24. The molecule has 0 saturated heterocycles. The Balaban J connectivity index is 1.67. The number of hydrogen-bond acceptors (Lipinski definition) is 4. The molecule has 1 unspecified atom stereocenters. The first kappa shape index (κ1) is 17.1. The maximum absolute atomic E-state index is 13.0. The third-order valence-electron chi connectivity index (χ3n) is 4.11. The van der Waals surface area contributed by atoms with Crippen molar-refractivity contribution in [3.63, 3.8) is 0 Å². The van der Waals surface area contributed by atoms with E-state index in [9.17, 15) is 12.8 Å². The Bertz CT molecular complexity index is 789. The minimum absolute atomic E-state index is 0.110. The number of sulfonamides is 1. The van der Waals surface area contributed by atoms with Crippen molar-refractivity contribution in [2.24, 2.45) is 0 Å². The smallest absolute Gasteiger partial charge is 0.208 e. The highest BCUT2D eigenvalue weighted by Gasteiger charge is 2.25. The summed E-state index contributed by atoms with van der Waals surface area (Å²) in [6.45, 7) is 2.65. The van der Waals surface area contributed by atoms with Gasteiger partial charge in [-0.3, -0.25) is 9.58 Å². The van der Waals surface area contributed by atoms with E-state index in [1.165, 1.54) is 12.1 Å². The van der Waals surface area contributed by atoms with Crippen LogP contribution in [0, 0.1) is 5.82 Å². The van der Waals surface area contributed by atoms with Crippen LogP contribution in [0.15, 0.2) is 36.5 Å². The number of aromatic nitrogens is 2. The third-order valence-corrected chi connectivity index (χ3v) is 4.84. The first-order chi connectivity index (χ1) is 11.4. The summed E-state index contributed by atoms with van der Waals surface area (Å²) in [5.74, 6) is -0.236. The fourth-order valence-electron chi connectivity index (χ4n) is 3.06. The monoisotopic (exact) mass is 352 g/mol. The number of benzene rings is 1. The molecule has 0 aliphatic carbocycles. The molecular weight excluding hydrogens is 331 g/mol. The minimum Gasteiger partial charge on any atom is -0.291 e. The van der Waals surface area contributed by atoms with E-state index >= 15 is 0 Å². The number of fused-ring (bicyclic) bond motifs is 1. The van der Waals surface area contributed by atoms with E-state index in [1.807, 2.05) is 10.7 Å². The summed E-state index contributed by atoms with van der Waals surface area (Å²) in [4.78, 5) is 2.27. The van der Waals surface area contributed by atoms with Crippen molar-refractivity contribution >= 4 is 10.0 Å². The van der Waals surface area contributed by atoms with Crippen LogP contribution in [-0.4, -0.2) is 42.4 Å². The molecule has 24 heavy (non-hydrogen) atoms. The lowest BCUT2D eigenvalue weighted by Gasteiger charge is -2.34. The van der Waals surface area contributed by atoms with Gasteiger partial charge in [0.15, 0.2) is 0 Å². The van der Waals surface area contributed by atoms with Crippen LogP contribution in [-0.2, 0) is 23.1 Å². The van der Waals surface area contributed by atoms with Gasteiger partial charge >= 0.3 is 0 Å². The Kier molecular flexibility index (Phi) is 4.98. The van der Waals surface area contributed by atoms with Crippen LogP contribution >= 0.6 is 0 Å². The molecule has 0 saturated carbocycles. The Hall–Kier alpha value is -1.77. The highest BCUT2D eigenvalue weighted by atomic mass is 32.2. The Labute approximate surface area is 141 Å². The van der Waals surface area contributed by atoms with Gasteiger partial charge in [0.1, 0.15) is 5.82 Å². The standard InChI is InChI=1S/C16H21FN4O2S/c1-24(22,23)19-9-7-16-12-20(11-15-6-8-18-21(15)16)10-13-2-4-14(17)5-3-13/h2-6,8,16,19H,7,9-12H2,1H3. The van der Waals surface area contributed by atoms with E-state index in [1.54, 1.807) is 18.3 Å². The summed E-state index contributed by atoms with van der Waals surface area (Å²) in [7, 11) is -3.18. The van der Waals surface area contributed by atoms with Crippen LogP contribution in [0.3, 0.4) is 0 Å². The number of rotatable bonds is 6. The van der Waals surface area contributed by atoms with Crippen molar-refractivity contribution in [2.45, 2.75) is 25.6 Å². The van der Waals surface area contributed by atoms with Crippen LogP contribution in [0.4, 0.5) is 4.39 Å². The minimum atomic E-state index is -3.18. The molecule has 8 heteroatoms. The molecule has 2 heterocycles. The summed E-state index contributed by atoms with van der Waals surface area (Å²) in [6.07, 6.45) is 3.60. The van der Waals surface area contributed by atoms with Gasteiger partial charge in [-0.15, -0.1) is 0 Å². The highest BCUT2D eigenvalue weighted by molar-refractivity contribution is 7.88. The summed E-state index contributed by atoms with van der Waals surface area (Å²) < 4.78 is 40.0. The molecule has 0 spiro atoms. The summed E-state index contributed by atoms with van der Waals surface area (Å²) in [6, 6.07) is 8.61. The summed E-state index contributed by atoms with van der Waals surface area (Å²) in [5, 5.41) is 4.37. The lowest BCUT2D eigenvalue weighted by molar-refractivity contribution is 0.162. The molecule has 1 aromatic heterocycles. The van der Waals surface area contributed by atoms with Crippen molar-refractivity contribution in [1.29, 1.82) is 0 Å². The molecule has 1 aromatic carbocycles. The van der Waals surface area contributed by atoms with E-state index in [-0.39, 0.29) is 11.9 Å². The van der Waals surface area contributed by atoms with Crippen molar-refractivity contribution in [3.8, 4) is 0 Å². The van der Waals surface area contributed by atoms with E-state index in [4.69, 9.17) is 0 Å². The molecule has 3 rings (SSSR count). The van der Waals surface area contributed by atoms with E-state index < -0.39 is 10.0 Å². The summed E-state index contributed by atoms with van der Waals surface area (Å²) >= 11 is 0. The fourth-order valence-corrected chi connectivity index (χ4v) is 3.55. The average Bonchev–Trinajstić information content (AvgIpc) is 2.97. The molecule has 0 bridgehead atoms. The molecule has 1 aliphatic heterocycles. The second-order valence-electron chi connectivity index (χ2n) is 6.17. The number of nitrogens with one attached hydrogen (secondary N) is 1. The number of halogens is 1. The van der Waals surface area contributed by atoms with Crippen LogP contribution in [0.2, 0.25) is 0 Å². The van der Waals surface area contributed by atoms with Gasteiger partial charge in [-0.1, -0.05) is 12.1 Å². The Morgan fingerprint density at radius 2 is 2.04 bits per heavy atom. The van der Waals surface area contributed by atoms with Crippen molar-refractivity contribution < 1.29 is 12.8 Å². The van der Waals surface area contributed by atoms with Gasteiger partial charge in [-0.05, 0) is 30.2 Å². The molecule has 1 N–H and O–H groups in total. The van der Waals surface area contributed by atoms with Crippen molar-refractivity contribution in [3.05, 3.63) is 53.6 Å². The van der Waals surface area contributed by atoms with Gasteiger partial charge in [0.2, 0.25) is 10.0 Å². The first-order valence-corrected chi connectivity index (χ1v) is 9.74.